The summed E-state index contributed by atoms with van der Waals surface area (Å²) < 4.78 is 39.3. The van der Waals surface area contributed by atoms with Crippen molar-refractivity contribution in [3.05, 3.63) is 59.2 Å². The van der Waals surface area contributed by atoms with Crippen LogP contribution in [0.2, 0.25) is 0 Å². The first-order valence-corrected chi connectivity index (χ1v) is 5.53. The standard InChI is InChI=1S/C13H7F3N2O3/c14-7-3-8(15)11(16)10(4-7)18-12(19)6-1-2-9(13(20)21)17-5-6/h1-5H,(H,18,19)(H,20,21). The van der Waals surface area contributed by atoms with E-state index in [9.17, 15) is 22.8 Å². The van der Waals surface area contributed by atoms with E-state index in [4.69, 9.17) is 5.11 Å². The van der Waals surface area contributed by atoms with Gasteiger partial charge >= 0.3 is 5.97 Å². The molecule has 1 amide bonds. The van der Waals surface area contributed by atoms with Gasteiger partial charge in [-0.15, -0.1) is 0 Å². The van der Waals surface area contributed by atoms with Crippen molar-refractivity contribution in [2.75, 3.05) is 5.32 Å². The number of aromatic carboxylic acids is 1. The summed E-state index contributed by atoms with van der Waals surface area (Å²) >= 11 is 0. The fraction of sp³-hybridized carbons (Fsp3) is 0. The van der Waals surface area contributed by atoms with Gasteiger partial charge in [-0.05, 0) is 12.1 Å². The third kappa shape index (κ3) is 3.16. The predicted octanol–water partition coefficient (Wildman–Crippen LogP) is 2.45. The summed E-state index contributed by atoms with van der Waals surface area (Å²) in [6.07, 6.45) is 0.951. The van der Waals surface area contributed by atoms with Crippen molar-refractivity contribution in [3.8, 4) is 0 Å². The number of anilines is 1. The number of nitrogens with one attached hydrogen (secondary N) is 1. The van der Waals surface area contributed by atoms with E-state index in [1.54, 1.807) is 0 Å². The van der Waals surface area contributed by atoms with E-state index >= 15 is 0 Å². The van der Waals surface area contributed by atoms with Gasteiger partial charge in [-0.3, -0.25) is 4.79 Å². The van der Waals surface area contributed by atoms with Gasteiger partial charge in [-0.1, -0.05) is 0 Å². The van der Waals surface area contributed by atoms with Gasteiger partial charge in [-0.25, -0.2) is 22.9 Å². The highest BCUT2D eigenvalue weighted by atomic mass is 19.2. The fourth-order valence-electron chi connectivity index (χ4n) is 1.50. The summed E-state index contributed by atoms with van der Waals surface area (Å²) in [6.45, 7) is 0. The number of carbonyl (C=O) groups excluding carboxylic acids is 1. The minimum Gasteiger partial charge on any atom is -0.477 e. The lowest BCUT2D eigenvalue weighted by atomic mass is 10.2. The molecule has 0 saturated carbocycles. The number of rotatable bonds is 3. The van der Waals surface area contributed by atoms with Crippen LogP contribution >= 0.6 is 0 Å². The number of carbonyl (C=O) groups is 2. The van der Waals surface area contributed by atoms with Gasteiger partial charge in [0, 0.05) is 18.3 Å². The van der Waals surface area contributed by atoms with Crippen molar-refractivity contribution in [2.24, 2.45) is 0 Å². The van der Waals surface area contributed by atoms with Gasteiger partial charge in [0.25, 0.3) is 5.91 Å². The van der Waals surface area contributed by atoms with Crippen LogP contribution in [0.3, 0.4) is 0 Å². The van der Waals surface area contributed by atoms with E-state index in [2.05, 4.69) is 4.98 Å². The highest BCUT2D eigenvalue weighted by molar-refractivity contribution is 6.04. The van der Waals surface area contributed by atoms with Crippen LogP contribution < -0.4 is 5.32 Å². The molecule has 0 spiro atoms. The van der Waals surface area contributed by atoms with Crippen LogP contribution in [0.1, 0.15) is 20.8 Å². The lowest BCUT2D eigenvalue weighted by molar-refractivity contribution is 0.0690. The molecule has 0 atom stereocenters. The first-order valence-electron chi connectivity index (χ1n) is 5.53. The maximum atomic E-state index is 13.4. The Balaban J connectivity index is 2.24. The average molecular weight is 296 g/mol. The number of carboxylic acids is 1. The summed E-state index contributed by atoms with van der Waals surface area (Å²) in [5.74, 6) is -6.06. The Bertz CT molecular complexity index is 717. The van der Waals surface area contributed by atoms with Gasteiger partial charge in [-0.2, -0.15) is 0 Å². The van der Waals surface area contributed by atoms with Crippen LogP contribution in [-0.2, 0) is 0 Å². The smallest absolute Gasteiger partial charge is 0.354 e. The number of hydrogen-bond acceptors (Lipinski definition) is 3. The Morgan fingerprint density at radius 1 is 1.14 bits per heavy atom. The number of benzene rings is 1. The quantitative estimate of drug-likeness (QED) is 0.853. The van der Waals surface area contributed by atoms with Gasteiger partial charge < -0.3 is 10.4 Å². The Morgan fingerprint density at radius 3 is 2.43 bits per heavy atom. The number of pyridine rings is 1. The van der Waals surface area contributed by atoms with Crippen LogP contribution in [0.25, 0.3) is 0 Å². The largest absolute Gasteiger partial charge is 0.477 e. The predicted molar refractivity (Wildman–Crippen MR) is 65.5 cm³/mol. The van der Waals surface area contributed by atoms with Crippen molar-refractivity contribution in [1.29, 1.82) is 0 Å². The molecule has 0 radical (unpaired) electrons. The molecule has 0 saturated heterocycles. The number of halogens is 3. The van der Waals surface area contributed by atoms with Crippen LogP contribution in [0, 0.1) is 17.5 Å². The molecule has 1 heterocycles. The molecule has 1 aromatic carbocycles. The normalized spacial score (nSPS) is 10.2. The van der Waals surface area contributed by atoms with E-state index < -0.39 is 35.0 Å². The lowest BCUT2D eigenvalue weighted by Gasteiger charge is -2.07. The SMILES string of the molecule is O=C(Nc1cc(F)cc(F)c1F)c1ccc(C(=O)O)nc1. The number of hydrogen-bond donors (Lipinski definition) is 2. The zero-order valence-corrected chi connectivity index (χ0v) is 10.2. The number of aromatic nitrogens is 1. The summed E-state index contributed by atoms with van der Waals surface area (Å²) in [5, 5.41) is 10.6. The highest BCUT2D eigenvalue weighted by Crippen LogP contribution is 2.19. The first kappa shape index (κ1) is 14.5. The molecule has 2 aromatic rings. The second-order valence-corrected chi connectivity index (χ2v) is 3.94. The van der Waals surface area contributed by atoms with Crippen LogP contribution in [0.15, 0.2) is 30.5 Å². The Labute approximate surface area is 116 Å². The van der Waals surface area contributed by atoms with Crippen molar-refractivity contribution in [2.45, 2.75) is 0 Å². The minimum absolute atomic E-state index is 0.0935. The molecular formula is C13H7F3N2O3. The van der Waals surface area contributed by atoms with Gasteiger partial charge in [0.15, 0.2) is 11.6 Å². The Hall–Kier alpha value is -2.90. The molecular weight excluding hydrogens is 289 g/mol. The van der Waals surface area contributed by atoms with E-state index in [-0.39, 0.29) is 11.3 Å². The summed E-state index contributed by atoms with van der Waals surface area (Å²) in [5.41, 5.74) is -1.04. The van der Waals surface area contributed by atoms with E-state index in [0.29, 0.717) is 12.1 Å². The third-order valence-electron chi connectivity index (χ3n) is 2.49. The van der Waals surface area contributed by atoms with Crippen LogP contribution in [0.4, 0.5) is 18.9 Å². The molecule has 2 rings (SSSR count). The third-order valence-corrected chi connectivity index (χ3v) is 2.49. The average Bonchev–Trinajstić information content (AvgIpc) is 2.44. The summed E-state index contributed by atoms with van der Waals surface area (Å²) in [4.78, 5) is 25.9. The second kappa shape index (κ2) is 5.61. The second-order valence-electron chi connectivity index (χ2n) is 3.94. The van der Waals surface area contributed by atoms with Crippen molar-refractivity contribution in [3.63, 3.8) is 0 Å². The van der Waals surface area contributed by atoms with Crippen LogP contribution in [-0.4, -0.2) is 22.0 Å². The monoisotopic (exact) mass is 296 g/mol. The zero-order chi connectivity index (χ0) is 15.6. The maximum Gasteiger partial charge on any atom is 0.354 e. The molecule has 5 nitrogen and oxygen atoms in total. The topological polar surface area (TPSA) is 79.3 Å². The van der Waals surface area contributed by atoms with Gasteiger partial charge in [0.2, 0.25) is 0 Å². The van der Waals surface area contributed by atoms with Crippen molar-refractivity contribution in [1.82, 2.24) is 4.98 Å². The summed E-state index contributed by atoms with van der Waals surface area (Å²) in [7, 11) is 0. The number of amides is 1. The van der Waals surface area contributed by atoms with Gasteiger partial charge in [0.1, 0.15) is 11.5 Å². The molecule has 21 heavy (non-hydrogen) atoms. The first-order chi connectivity index (χ1) is 9.88. The lowest BCUT2D eigenvalue weighted by Crippen LogP contribution is -2.14. The molecule has 2 N–H and O–H groups in total. The Morgan fingerprint density at radius 2 is 1.86 bits per heavy atom. The van der Waals surface area contributed by atoms with Crippen LogP contribution in [0.5, 0.6) is 0 Å². The maximum absolute atomic E-state index is 13.4. The molecule has 0 bridgehead atoms. The highest BCUT2D eigenvalue weighted by Gasteiger charge is 2.15. The van der Waals surface area contributed by atoms with Gasteiger partial charge in [0.05, 0.1) is 11.3 Å². The van der Waals surface area contributed by atoms with E-state index in [1.165, 1.54) is 0 Å². The van der Waals surface area contributed by atoms with E-state index in [1.807, 2.05) is 5.32 Å². The van der Waals surface area contributed by atoms with E-state index in [0.717, 1.165) is 18.3 Å². The molecule has 108 valence electrons. The van der Waals surface area contributed by atoms with Crippen molar-refractivity contribution >= 4 is 17.6 Å². The minimum atomic E-state index is -1.44. The van der Waals surface area contributed by atoms with Crippen molar-refractivity contribution < 1.29 is 27.9 Å². The molecule has 1 aromatic heterocycles. The molecule has 0 fully saturated rings. The summed E-state index contributed by atoms with van der Waals surface area (Å²) in [6, 6.07) is 3.17. The molecule has 0 aliphatic heterocycles. The Kier molecular flexibility index (Phi) is 3.88. The molecule has 8 heteroatoms. The number of carboxylic acid groups (broad SMARTS) is 1. The molecule has 0 aliphatic carbocycles. The zero-order valence-electron chi connectivity index (χ0n) is 10.2. The molecule has 0 unspecified atom stereocenters. The fourth-order valence-corrected chi connectivity index (χ4v) is 1.50. The molecule has 0 aliphatic rings. The number of nitrogens with zero attached hydrogens (tertiary/aromatic N) is 1.